The summed E-state index contributed by atoms with van der Waals surface area (Å²) < 4.78 is 18.1. The van der Waals surface area contributed by atoms with Gasteiger partial charge in [0.05, 0.1) is 24.3 Å². The number of benzene rings is 1. The predicted molar refractivity (Wildman–Crippen MR) is 73.4 cm³/mol. The van der Waals surface area contributed by atoms with E-state index in [2.05, 4.69) is 14.7 Å². The van der Waals surface area contributed by atoms with Crippen LogP contribution in [0.2, 0.25) is 0 Å². The standard InChI is InChI=1S/C13H15FN2O2S/c1-8(13(17)18-2)6-19-7-11-15-10-5-3-4-9(14)12(10)16-11/h3-5,8H,6-7H2,1-2H3,(H,15,16)/t8-/m0/s1. The Bertz CT molecular complexity index is 585. The van der Waals surface area contributed by atoms with Crippen LogP contribution in [0.3, 0.4) is 0 Å². The van der Waals surface area contributed by atoms with Gasteiger partial charge in [0.25, 0.3) is 0 Å². The van der Waals surface area contributed by atoms with Crippen molar-refractivity contribution in [1.82, 2.24) is 9.97 Å². The smallest absolute Gasteiger partial charge is 0.309 e. The van der Waals surface area contributed by atoms with E-state index in [1.807, 2.05) is 6.92 Å². The molecule has 102 valence electrons. The van der Waals surface area contributed by atoms with Gasteiger partial charge >= 0.3 is 5.97 Å². The van der Waals surface area contributed by atoms with E-state index in [1.54, 1.807) is 23.9 Å². The second-order valence-corrected chi connectivity index (χ2v) is 5.29. The van der Waals surface area contributed by atoms with Gasteiger partial charge in [0.15, 0.2) is 5.82 Å². The Morgan fingerprint density at radius 2 is 2.37 bits per heavy atom. The maximum Gasteiger partial charge on any atom is 0.309 e. The molecule has 2 aromatic rings. The van der Waals surface area contributed by atoms with E-state index in [4.69, 9.17) is 0 Å². The van der Waals surface area contributed by atoms with Crippen LogP contribution in [0.4, 0.5) is 4.39 Å². The Balaban J connectivity index is 1.95. The number of nitrogens with zero attached hydrogens (tertiary/aromatic N) is 1. The second-order valence-electron chi connectivity index (χ2n) is 4.26. The lowest BCUT2D eigenvalue weighted by molar-refractivity contribution is -0.143. The Kier molecular flexibility index (Phi) is 4.42. The van der Waals surface area contributed by atoms with E-state index in [0.717, 1.165) is 0 Å². The van der Waals surface area contributed by atoms with Crippen molar-refractivity contribution in [1.29, 1.82) is 0 Å². The number of hydrogen-bond acceptors (Lipinski definition) is 4. The first kappa shape index (κ1) is 13.9. The molecule has 0 aliphatic carbocycles. The lowest BCUT2D eigenvalue weighted by Gasteiger charge is -2.07. The zero-order valence-corrected chi connectivity index (χ0v) is 11.6. The summed E-state index contributed by atoms with van der Waals surface area (Å²) in [5.41, 5.74) is 1.05. The maximum atomic E-state index is 13.5. The second kappa shape index (κ2) is 6.06. The number of esters is 1. The average Bonchev–Trinajstić information content (AvgIpc) is 2.82. The minimum Gasteiger partial charge on any atom is -0.469 e. The molecule has 1 aromatic carbocycles. The minimum atomic E-state index is -0.326. The highest BCUT2D eigenvalue weighted by atomic mass is 32.2. The molecule has 0 unspecified atom stereocenters. The number of carbonyl (C=O) groups is 1. The molecule has 0 fully saturated rings. The van der Waals surface area contributed by atoms with E-state index in [0.29, 0.717) is 28.4 Å². The monoisotopic (exact) mass is 282 g/mol. The van der Waals surface area contributed by atoms with Gasteiger partial charge in [0.2, 0.25) is 0 Å². The van der Waals surface area contributed by atoms with Crippen molar-refractivity contribution in [2.45, 2.75) is 12.7 Å². The Hall–Kier alpha value is -1.56. The first-order valence-electron chi connectivity index (χ1n) is 5.90. The fraction of sp³-hybridized carbons (Fsp3) is 0.385. The molecule has 19 heavy (non-hydrogen) atoms. The Labute approximate surface area is 114 Å². The van der Waals surface area contributed by atoms with E-state index in [9.17, 15) is 9.18 Å². The lowest BCUT2D eigenvalue weighted by Crippen LogP contribution is -2.14. The molecule has 0 aliphatic rings. The molecule has 0 saturated heterocycles. The molecule has 1 heterocycles. The fourth-order valence-corrected chi connectivity index (χ4v) is 2.66. The van der Waals surface area contributed by atoms with Gasteiger partial charge in [-0.25, -0.2) is 9.37 Å². The highest BCUT2D eigenvalue weighted by Crippen LogP contribution is 2.19. The third-order valence-electron chi connectivity index (χ3n) is 2.72. The van der Waals surface area contributed by atoms with Gasteiger partial charge in [-0.15, -0.1) is 0 Å². The number of aromatic nitrogens is 2. The van der Waals surface area contributed by atoms with Crippen LogP contribution in [0.25, 0.3) is 11.0 Å². The minimum absolute atomic E-state index is 0.156. The number of para-hydroxylation sites is 1. The highest BCUT2D eigenvalue weighted by Gasteiger charge is 2.13. The van der Waals surface area contributed by atoms with Crippen molar-refractivity contribution in [3.05, 3.63) is 29.8 Å². The summed E-state index contributed by atoms with van der Waals surface area (Å²) in [5, 5.41) is 0. The number of ether oxygens (including phenoxy) is 1. The van der Waals surface area contributed by atoms with Gasteiger partial charge in [-0.1, -0.05) is 13.0 Å². The summed E-state index contributed by atoms with van der Waals surface area (Å²) in [7, 11) is 1.38. The largest absolute Gasteiger partial charge is 0.469 e. The molecule has 2 rings (SSSR count). The first-order chi connectivity index (χ1) is 9.11. The summed E-state index contributed by atoms with van der Waals surface area (Å²) in [6.07, 6.45) is 0. The topological polar surface area (TPSA) is 55.0 Å². The quantitative estimate of drug-likeness (QED) is 0.857. The number of aromatic amines is 1. The zero-order valence-electron chi connectivity index (χ0n) is 10.8. The molecule has 0 amide bonds. The molecule has 6 heteroatoms. The summed E-state index contributed by atoms with van der Waals surface area (Å²) in [5.74, 6) is 1.26. The average molecular weight is 282 g/mol. The van der Waals surface area contributed by atoms with Gasteiger partial charge in [0.1, 0.15) is 11.3 Å². The van der Waals surface area contributed by atoms with Crippen LogP contribution >= 0.6 is 11.8 Å². The van der Waals surface area contributed by atoms with Gasteiger partial charge in [-0.3, -0.25) is 4.79 Å². The molecular weight excluding hydrogens is 267 g/mol. The van der Waals surface area contributed by atoms with Crippen LogP contribution in [-0.2, 0) is 15.3 Å². The van der Waals surface area contributed by atoms with Crippen molar-refractivity contribution >= 4 is 28.8 Å². The van der Waals surface area contributed by atoms with E-state index >= 15 is 0 Å². The summed E-state index contributed by atoms with van der Waals surface area (Å²) in [6.45, 7) is 1.82. The van der Waals surface area contributed by atoms with Gasteiger partial charge in [-0.2, -0.15) is 11.8 Å². The zero-order chi connectivity index (χ0) is 13.8. The van der Waals surface area contributed by atoms with Crippen molar-refractivity contribution in [3.63, 3.8) is 0 Å². The van der Waals surface area contributed by atoms with Crippen molar-refractivity contribution in [3.8, 4) is 0 Å². The number of methoxy groups -OCH3 is 1. The number of thioether (sulfide) groups is 1. The number of fused-ring (bicyclic) bond motifs is 1. The van der Waals surface area contributed by atoms with E-state index in [1.165, 1.54) is 13.2 Å². The summed E-state index contributed by atoms with van der Waals surface area (Å²) in [4.78, 5) is 18.5. The number of hydrogen-bond donors (Lipinski definition) is 1. The fourth-order valence-electron chi connectivity index (χ4n) is 1.72. The first-order valence-corrected chi connectivity index (χ1v) is 7.06. The van der Waals surface area contributed by atoms with Crippen molar-refractivity contribution in [2.24, 2.45) is 5.92 Å². The predicted octanol–water partition coefficient (Wildman–Crippen LogP) is 2.74. The number of imidazole rings is 1. The van der Waals surface area contributed by atoms with E-state index < -0.39 is 0 Å². The van der Waals surface area contributed by atoms with Gasteiger partial charge in [0, 0.05) is 5.75 Å². The number of halogens is 1. The van der Waals surface area contributed by atoms with Crippen LogP contribution in [-0.4, -0.2) is 28.8 Å². The summed E-state index contributed by atoms with van der Waals surface area (Å²) in [6, 6.07) is 4.82. The molecule has 0 aliphatic heterocycles. The van der Waals surface area contributed by atoms with Crippen LogP contribution in [0.5, 0.6) is 0 Å². The van der Waals surface area contributed by atoms with Crippen molar-refractivity contribution in [2.75, 3.05) is 12.9 Å². The molecular formula is C13H15FN2O2S. The normalized spacial score (nSPS) is 12.6. The Morgan fingerprint density at radius 1 is 1.58 bits per heavy atom. The van der Waals surface area contributed by atoms with Crippen LogP contribution < -0.4 is 0 Å². The molecule has 0 bridgehead atoms. The van der Waals surface area contributed by atoms with E-state index in [-0.39, 0.29) is 17.7 Å². The maximum absolute atomic E-state index is 13.5. The highest BCUT2D eigenvalue weighted by molar-refractivity contribution is 7.98. The molecule has 0 radical (unpaired) electrons. The van der Waals surface area contributed by atoms with Gasteiger partial charge in [-0.05, 0) is 12.1 Å². The number of nitrogens with one attached hydrogen (secondary N) is 1. The number of H-pyrrole nitrogens is 1. The van der Waals surface area contributed by atoms with Gasteiger partial charge < -0.3 is 9.72 Å². The third-order valence-corrected chi connectivity index (χ3v) is 3.94. The SMILES string of the molecule is COC(=O)[C@@H](C)CSCc1nc2c(F)cccc2[nH]1. The van der Waals surface area contributed by atoms with Crippen molar-refractivity contribution < 1.29 is 13.9 Å². The molecule has 1 atom stereocenters. The molecule has 0 spiro atoms. The molecule has 1 N–H and O–H groups in total. The molecule has 1 aromatic heterocycles. The number of carbonyl (C=O) groups excluding carboxylic acids is 1. The summed E-state index contributed by atoms with van der Waals surface area (Å²) >= 11 is 1.56. The number of rotatable bonds is 5. The Morgan fingerprint density at radius 3 is 3.05 bits per heavy atom. The van der Waals surface area contributed by atoms with Crippen LogP contribution in [0.15, 0.2) is 18.2 Å². The van der Waals surface area contributed by atoms with Crippen LogP contribution in [0.1, 0.15) is 12.7 Å². The molecule has 0 saturated carbocycles. The van der Waals surface area contributed by atoms with Crippen LogP contribution in [0, 0.1) is 11.7 Å². The lowest BCUT2D eigenvalue weighted by atomic mass is 10.2. The molecule has 4 nitrogen and oxygen atoms in total. The third kappa shape index (κ3) is 3.26.